The van der Waals surface area contributed by atoms with Gasteiger partial charge in [0.25, 0.3) is 5.56 Å². The Kier molecular flexibility index (Phi) is 4.77. The van der Waals surface area contributed by atoms with E-state index in [1.807, 2.05) is 6.07 Å². The van der Waals surface area contributed by atoms with Crippen molar-refractivity contribution in [3.05, 3.63) is 39.4 Å². The van der Waals surface area contributed by atoms with Crippen LogP contribution >= 0.6 is 15.9 Å². The number of halogens is 1. The van der Waals surface area contributed by atoms with E-state index in [9.17, 15) is 9.59 Å². The fourth-order valence-electron chi connectivity index (χ4n) is 3.05. The summed E-state index contributed by atoms with van der Waals surface area (Å²) in [5.41, 5.74) is 6.19. The lowest BCUT2D eigenvalue weighted by atomic mass is 10.0. The van der Waals surface area contributed by atoms with Crippen molar-refractivity contribution < 1.29 is 4.79 Å². The average molecular weight is 379 g/mol. The average Bonchev–Trinajstić information content (AvgIpc) is 2.57. The lowest BCUT2D eigenvalue weighted by molar-refractivity contribution is -0.135. The van der Waals surface area contributed by atoms with Gasteiger partial charge in [0.2, 0.25) is 5.91 Å². The zero-order valence-electron chi connectivity index (χ0n) is 12.7. The molecule has 1 unspecified atom stereocenters. The summed E-state index contributed by atoms with van der Waals surface area (Å²) in [6.07, 6.45) is 4.45. The van der Waals surface area contributed by atoms with Crippen LogP contribution in [0.15, 0.2) is 33.8 Å². The molecule has 23 heavy (non-hydrogen) atoms. The van der Waals surface area contributed by atoms with Gasteiger partial charge in [0.15, 0.2) is 0 Å². The third-order valence-electron chi connectivity index (χ3n) is 4.31. The first-order chi connectivity index (χ1) is 11.1. The SMILES string of the molecule is NCC1CCCCN1C(=O)Cn1cnc2ccc(Br)cc2c1=O. The van der Waals surface area contributed by atoms with Crippen molar-refractivity contribution in [1.29, 1.82) is 0 Å². The first kappa shape index (κ1) is 16.1. The number of likely N-dealkylation sites (tertiary alicyclic amines) is 1. The van der Waals surface area contributed by atoms with Crippen LogP contribution in [0.25, 0.3) is 10.9 Å². The maximum absolute atomic E-state index is 12.6. The summed E-state index contributed by atoms with van der Waals surface area (Å²) in [6.45, 7) is 1.18. The number of rotatable bonds is 3. The van der Waals surface area contributed by atoms with Crippen molar-refractivity contribution in [2.75, 3.05) is 13.1 Å². The molecule has 2 N–H and O–H groups in total. The van der Waals surface area contributed by atoms with E-state index in [0.717, 1.165) is 23.7 Å². The van der Waals surface area contributed by atoms with Gasteiger partial charge >= 0.3 is 0 Å². The minimum Gasteiger partial charge on any atom is -0.337 e. The summed E-state index contributed by atoms with van der Waals surface area (Å²) in [5.74, 6) is -0.0709. The van der Waals surface area contributed by atoms with Gasteiger partial charge in [-0.15, -0.1) is 0 Å². The molecule has 3 rings (SSSR count). The van der Waals surface area contributed by atoms with E-state index < -0.39 is 0 Å². The molecule has 1 aliphatic rings. The highest BCUT2D eigenvalue weighted by atomic mass is 79.9. The fourth-order valence-corrected chi connectivity index (χ4v) is 3.42. The quantitative estimate of drug-likeness (QED) is 0.877. The Morgan fingerprint density at radius 3 is 3.00 bits per heavy atom. The Morgan fingerprint density at radius 1 is 1.39 bits per heavy atom. The van der Waals surface area contributed by atoms with Gasteiger partial charge < -0.3 is 10.6 Å². The number of fused-ring (bicyclic) bond motifs is 1. The van der Waals surface area contributed by atoms with Gasteiger partial charge in [0.1, 0.15) is 6.54 Å². The van der Waals surface area contributed by atoms with Gasteiger partial charge in [-0.2, -0.15) is 0 Å². The van der Waals surface area contributed by atoms with Gasteiger partial charge in [-0.1, -0.05) is 15.9 Å². The highest BCUT2D eigenvalue weighted by Crippen LogP contribution is 2.17. The van der Waals surface area contributed by atoms with Crippen molar-refractivity contribution in [1.82, 2.24) is 14.5 Å². The third-order valence-corrected chi connectivity index (χ3v) is 4.80. The molecule has 1 aliphatic heterocycles. The monoisotopic (exact) mass is 378 g/mol. The molecule has 1 amide bonds. The topological polar surface area (TPSA) is 81.2 Å². The number of amides is 1. The molecule has 1 aromatic carbocycles. The minimum absolute atomic E-state index is 0.00475. The fraction of sp³-hybridized carbons (Fsp3) is 0.438. The van der Waals surface area contributed by atoms with Crippen molar-refractivity contribution in [2.45, 2.75) is 31.8 Å². The molecule has 2 heterocycles. The van der Waals surface area contributed by atoms with E-state index in [2.05, 4.69) is 20.9 Å². The summed E-state index contributed by atoms with van der Waals surface area (Å²) in [5, 5.41) is 0.503. The molecule has 1 aromatic heterocycles. The largest absolute Gasteiger partial charge is 0.337 e. The molecule has 0 spiro atoms. The maximum atomic E-state index is 12.6. The Balaban J connectivity index is 1.87. The van der Waals surface area contributed by atoms with Gasteiger partial charge in [-0.05, 0) is 37.5 Å². The zero-order valence-corrected chi connectivity index (χ0v) is 14.3. The van der Waals surface area contributed by atoms with Crippen molar-refractivity contribution in [3.63, 3.8) is 0 Å². The Bertz CT molecular complexity index is 789. The molecule has 1 saturated heterocycles. The number of nitrogens with zero attached hydrogens (tertiary/aromatic N) is 3. The van der Waals surface area contributed by atoms with Crippen molar-refractivity contribution >= 4 is 32.7 Å². The number of nitrogens with two attached hydrogens (primary N) is 1. The molecular weight excluding hydrogens is 360 g/mol. The summed E-state index contributed by atoms with van der Waals surface area (Å²) in [7, 11) is 0. The number of hydrogen-bond acceptors (Lipinski definition) is 4. The van der Waals surface area contributed by atoms with Gasteiger partial charge in [-0.3, -0.25) is 14.2 Å². The molecular formula is C16H19BrN4O2. The molecule has 0 bridgehead atoms. The Morgan fingerprint density at radius 2 is 2.22 bits per heavy atom. The van der Waals surface area contributed by atoms with Crippen LogP contribution in [0.4, 0.5) is 0 Å². The van der Waals surface area contributed by atoms with Crippen LogP contribution < -0.4 is 11.3 Å². The number of hydrogen-bond donors (Lipinski definition) is 1. The number of aromatic nitrogens is 2. The number of carbonyl (C=O) groups is 1. The zero-order chi connectivity index (χ0) is 16.4. The van der Waals surface area contributed by atoms with Gasteiger partial charge in [0, 0.05) is 23.6 Å². The second-order valence-corrected chi connectivity index (χ2v) is 6.73. The van der Waals surface area contributed by atoms with E-state index in [0.29, 0.717) is 24.0 Å². The molecule has 122 valence electrons. The van der Waals surface area contributed by atoms with Crippen LogP contribution in [-0.2, 0) is 11.3 Å². The molecule has 1 atom stereocenters. The first-order valence-electron chi connectivity index (χ1n) is 7.74. The summed E-state index contributed by atoms with van der Waals surface area (Å²) < 4.78 is 2.19. The van der Waals surface area contributed by atoms with E-state index >= 15 is 0 Å². The van der Waals surface area contributed by atoms with Crippen LogP contribution in [-0.4, -0.2) is 39.5 Å². The van der Waals surface area contributed by atoms with Crippen LogP contribution in [0.1, 0.15) is 19.3 Å². The van der Waals surface area contributed by atoms with Crippen molar-refractivity contribution in [2.24, 2.45) is 5.73 Å². The van der Waals surface area contributed by atoms with Crippen LogP contribution in [0.3, 0.4) is 0 Å². The molecule has 0 radical (unpaired) electrons. The maximum Gasteiger partial charge on any atom is 0.261 e. The predicted molar refractivity (Wildman–Crippen MR) is 92.1 cm³/mol. The second kappa shape index (κ2) is 6.80. The molecule has 0 aliphatic carbocycles. The summed E-state index contributed by atoms with van der Waals surface area (Å²) in [6, 6.07) is 5.43. The van der Waals surface area contributed by atoms with E-state index in [-0.39, 0.29) is 24.1 Å². The lowest BCUT2D eigenvalue weighted by Crippen LogP contribution is -2.49. The van der Waals surface area contributed by atoms with E-state index in [1.54, 1.807) is 17.0 Å². The Labute approximate surface area is 142 Å². The van der Waals surface area contributed by atoms with Gasteiger partial charge in [0.05, 0.1) is 17.2 Å². The molecule has 2 aromatic rings. The van der Waals surface area contributed by atoms with Crippen molar-refractivity contribution in [3.8, 4) is 0 Å². The Hall–Kier alpha value is -1.73. The highest BCUT2D eigenvalue weighted by Gasteiger charge is 2.25. The summed E-state index contributed by atoms with van der Waals surface area (Å²) in [4.78, 5) is 31.2. The minimum atomic E-state index is -0.203. The first-order valence-corrected chi connectivity index (χ1v) is 8.53. The van der Waals surface area contributed by atoms with Crippen LogP contribution in [0, 0.1) is 0 Å². The number of carbonyl (C=O) groups excluding carboxylic acids is 1. The number of benzene rings is 1. The van der Waals surface area contributed by atoms with E-state index in [4.69, 9.17) is 5.73 Å². The normalized spacial score (nSPS) is 18.3. The van der Waals surface area contributed by atoms with E-state index in [1.165, 1.54) is 10.9 Å². The van der Waals surface area contributed by atoms with Gasteiger partial charge in [-0.25, -0.2) is 4.98 Å². The molecule has 7 heteroatoms. The standard InChI is InChI=1S/C16H19BrN4O2/c17-11-4-5-14-13(7-11)16(23)20(10-19-14)9-15(22)21-6-2-1-3-12(21)8-18/h4-5,7,10,12H,1-3,6,8-9,18H2. The third kappa shape index (κ3) is 3.30. The van der Waals surface area contributed by atoms with Crippen LogP contribution in [0.5, 0.6) is 0 Å². The second-order valence-electron chi connectivity index (χ2n) is 5.81. The molecule has 6 nitrogen and oxygen atoms in total. The van der Waals surface area contributed by atoms with Crippen LogP contribution in [0.2, 0.25) is 0 Å². The molecule has 0 saturated carbocycles. The lowest BCUT2D eigenvalue weighted by Gasteiger charge is -2.35. The summed E-state index contributed by atoms with van der Waals surface area (Å²) >= 11 is 3.36. The highest BCUT2D eigenvalue weighted by molar-refractivity contribution is 9.10. The molecule has 1 fully saturated rings. The predicted octanol–water partition coefficient (Wildman–Crippen LogP) is 1.50. The number of piperidine rings is 1. The smallest absolute Gasteiger partial charge is 0.261 e.